The Hall–Kier alpha value is -3.52. The zero-order chi connectivity index (χ0) is 20.0. The third-order valence-electron chi connectivity index (χ3n) is 4.20. The summed E-state index contributed by atoms with van der Waals surface area (Å²) in [7, 11) is 1.44. The highest BCUT2D eigenvalue weighted by molar-refractivity contribution is 6.09. The quantitative estimate of drug-likeness (QED) is 0.456. The van der Waals surface area contributed by atoms with Crippen molar-refractivity contribution in [1.82, 2.24) is 0 Å². The Morgan fingerprint density at radius 3 is 2.63 bits per heavy atom. The Balaban J connectivity index is 2.35. The Morgan fingerprint density at radius 2 is 2.04 bits per heavy atom. The van der Waals surface area contributed by atoms with Crippen LogP contribution in [0.2, 0.25) is 0 Å². The van der Waals surface area contributed by atoms with Crippen molar-refractivity contribution in [2.75, 3.05) is 12.4 Å². The number of carbonyl (C=O) groups excluding carboxylic acids is 1. The molecule has 2 N–H and O–H groups in total. The predicted octanol–water partition coefficient (Wildman–Crippen LogP) is 4.29. The topological polar surface area (TPSA) is 82.4 Å². The molecule has 0 bridgehead atoms. The number of amides is 1. The van der Waals surface area contributed by atoms with Crippen LogP contribution in [-0.2, 0) is 11.2 Å². The summed E-state index contributed by atoms with van der Waals surface area (Å²) < 4.78 is 5.17. The number of anilines is 1. The molecule has 0 fully saturated rings. The molecule has 5 nitrogen and oxygen atoms in total. The van der Waals surface area contributed by atoms with E-state index in [1.54, 1.807) is 24.3 Å². The van der Waals surface area contributed by atoms with Crippen LogP contribution in [-0.4, -0.2) is 18.1 Å². The van der Waals surface area contributed by atoms with Crippen LogP contribution in [0.5, 0.6) is 11.5 Å². The standard InChI is InChI=1S/C22H22N2O3/c1-5-6-17-10-16(12-20(27-4)21(17)25)11-18(13-23)22(26)24-19-8-7-14(2)15(3)9-19/h5,7-12,25H,1,6H2,2-4H3,(H,24,26)/b18-11+. The molecule has 0 heterocycles. The molecule has 0 aliphatic rings. The van der Waals surface area contributed by atoms with Gasteiger partial charge in [-0.1, -0.05) is 12.1 Å². The fraction of sp³-hybridized carbons (Fsp3) is 0.182. The van der Waals surface area contributed by atoms with E-state index in [0.29, 0.717) is 23.2 Å². The molecule has 0 spiro atoms. The second-order valence-corrected chi connectivity index (χ2v) is 6.15. The Labute approximate surface area is 159 Å². The van der Waals surface area contributed by atoms with Crippen molar-refractivity contribution < 1.29 is 14.6 Å². The number of phenols is 1. The number of ether oxygens (including phenoxy) is 1. The zero-order valence-corrected chi connectivity index (χ0v) is 15.7. The van der Waals surface area contributed by atoms with Crippen LogP contribution in [0.3, 0.4) is 0 Å². The number of benzene rings is 2. The summed E-state index contributed by atoms with van der Waals surface area (Å²) in [4.78, 5) is 12.5. The monoisotopic (exact) mass is 362 g/mol. The van der Waals surface area contributed by atoms with Gasteiger partial charge < -0.3 is 15.2 Å². The summed E-state index contributed by atoms with van der Waals surface area (Å²) in [6, 6.07) is 10.7. The Kier molecular flexibility index (Phi) is 6.40. The second-order valence-electron chi connectivity index (χ2n) is 6.15. The highest BCUT2D eigenvalue weighted by Gasteiger charge is 2.13. The minimum Gasteiger partial charge on any atom is -0.504 e. The van der Waals surface area contributed by atoms with Crippen LogP contribution < -0.4 is 10.1 Å². The molecule has 0 aliphatic heterocycles. The van der Waals surface area contributed by atoms with Crippen LogP contribution >= 0.6 is 0 Å². The largest absolute Gasteiger partial charge is 0.504 e. The molecule has 27 heavy (non-hydrogen) atoms. The molecule has 0 saturated heterocycles. The third-order valence-corrected chi connectivity index (χ3v) is 4.20. The average Bonchev–Trinajstić information content (AvgIpc) is 2.65. The number of methoxy groups -OCH3 is 1. The minimum absolute atomic E-state index is 0.0210. The number of aromatic hydroxyl groups is 1. The highest BCUT2D eigenvalue weighted by atomic mass is 16.5. The summed E-state index contributed by atoms with van der Waals surface area (Å²) in [6.45, 7) is 7.60. The number of allylic oxidation sites excluding steroid dienone is 1. The maximum atomic E-state index is 12.5. The van der Waals surface area contributed by atoms with E-state index in [0.717, 1.165) is 11.1 Å². The molecule has 0 unspecified atom stereocenters. The van der Waals surface area contributed by atoms with Gasteiger partial charge >= 0.3 is 0 Å². The number of hydrogen-bond donors (Lipinski definition) is 2. The van der Waals surface area contributed by atoms with Crippen LogP contribution in [0.15, 0.2) is 48.6 Å². The van der Waals surface area contributed by atoms with Crippen molar-refractivity contribution >= 4 is 17.7 Å². The first-order valence-electron chi connectivity index (χ1n) is 8.40. The van der Waals surface area contributed by atoms with Gasteiger partial charge in [0.25, 0.3) is 5.91 Å². The lowest BCUT2D eigenvalue weighted by atomic mass is 10.0. The molecule has 0 aliphatic carbocycles. The molecule has 2 aromatic carbocycles. The number of aryl methyl sites for hydroxylation is 2. The number of nitrogens with one attached hydrogen (secondary N) is 1. The van der Waals surface area contributed by atoms with Gasteiger partial charge in [0.15, 0.2) is 11.5 Å². The Bertz CT molecular complexity index is 953. The van der Waals surface area contributed by atoms with Crippen LogP contribution in [0.4, 0.5) is 5.69 Å². The van der Waals surface area contributed by atoms with E-state index in [1.807, 2.05) is 32.0 Å². The molecule has 0 aromatic heterocycles. The van der Waals surface area contributed by atoms with Crippen LogP contribution in [0.25, 0.3) is 6.08 Å². The summed E-state index contributed by atoms with van der Waals surface area (Å²) >= 11 is 0. The molecule has 138 valence electrons. The van der Waals surface area contributed by atoms with E-state index in [2.05, 4.69) is 11.9 Å². The molecule has 0 saturated carbocycles. The first-order chi connectivity index (χ1) is 12.9. The molecular weight excluding hydrogens is 340 g/mol. The lowest BCUT2D eigenvalue weighted by Gasteiger charge is -2.10. The summed E-state index contributed by atoms with van der Waals surface area (Å²) in [5.74, 6) is -0.210. The minimum atomic E-state index is -0.502. The molecule has 1 amide bonds. The van der Waals surface area contributed by atoms with E-state index >= 15 is 0 Å². The molecule has 0 radical (unpaired) electrons. The van der Waals surface area contributed by atoms with Crippen molar-refractivity contribution in [3.63, 3.8) is 0 Å². The summed E-state index contributed by atoms with van der Waals surface area (Å²) in [6.07, 6.45) is 3.55. The van der Waals surface area contributed by atoms with E-state index in [9.17, 15) is 15.2 Å². The fourth-order valence-corrected chi connectivity index (χ4v) is 2.57. The number of carbonyl (C=O) groups is 1. The van der Waals surface area contributed by atoms with Gasteiger partial charge in [-0.15, -0.1) is 6.58 Å². The number of nitriles is 1. The van der Waals surface area contributed by atoms with Crippen molar-refractivity contribution in [2.24, 2.45) is 0 Å². The van der Waals surface area contributed by atoms with Gasteiger partial charge in [-0.25, -0.2) is 0 Å². The van der Waals surface area contributed by atoms with E-state index in [1.165, 1.54) is 13.2 Å². The van der Waals surface area contributed by atoms with E-state index < -0.39 is 5.91 Å². The summed E-state index contributed by atoms with van der Waals surface area (Å²) in [5, 5.41) is 22.3. The molecular formula is C22H22N2O3. The number of phenolic OH excluding ortho intramolecular Hbond substituents is 1. The third kappa shape index (κ3) is 4.77. The maximum absolute atomic E-state index is 12.5. The van der Waals surface area contributed by atoms with Gasteiger partial charge in [0.2, 0.25) is 0 Å². The van der Waals surface area contributed by atoms with Crippen molar-refractivity contribution in [3.8, 4) is 17.6 Å². The Morgan fingerprint density at radius 1 is 1.30 bits per heavy atom. The van der Waals surface area contributed by atoms with Crippen molar-refractivity contribution in [2.45, 2.75) is 20.3 Å². The smallest absolute Gasteiger partial charge is 0.266 e. The number of rotatable bonds is 6. The van der Waals surface area contributed by atoms with Crippen molar-refractivity contribution in [3.05, 3.63) is 70.8 Å². The highest BCUT2D eigenvalue weighted by Crippen LogP contribution is 2.32. The SMILES string of the molecule is C=CCc1cc(/C=C(\C#N)C(=O)Nc2ccc(C)c(C)c2)cc(OC)c1O. The average molecular weight is 362 g/mol. The number of nitrogens with zero attached hydrogens (tertiary/aromatic N) is 1. The summed E-state index contributed by atoms with van der Waals surface area (Å²) in [5.41, 5.74) is 3.92. The second kappa shape index (κ2) is 8.72. The molecule has 0 atom stereocenters. The molecule has 2 rings (SSSR count). The van der Waals surface area contributed by atoms with Gasteiger partial charge in [-0.3, -0.25) is 4.79 Å². The fourth-order valence-electron chi connectivity index (χ4n) is 2.57. The van der Waals surface area contributed by atoms with Gasteiger partial charge in [-0.2, -0.15) is 5.26 Å². The predicted molar refractivity (Wildman–Crippen MR) is 107 cm³/mol. The van der Waals surface area contributed by atoms with Crippen molar-refractivity contribution in [1.29, 1.82) is 5.26 Å². The molecule has 2 aromatic rings. The van der Waals surface area contributed by atoms with Gasteiger partial charge in [0, 0.05) is 11.3 Å². The number of hydrogen-bond acceptors (Lipinski definition) is 4. The van der Waals surface area contributed by atoms with Gasteiger partial charge in [-0.05, 0) is 67.3 Å². The molecule has 5 heteroatoms. The van der Waals surface area contributed by atoms with Crippen LogP contribution in [0, 0.1) is 25.2 Å². The normalized spacial score (nSPS) is 10.8. The lowest BCUT2D eigenvalue weighted by Crippen LogP contribution is -2.13. The van der Waals surface area contributed by atoms with Crippen LogP contribution in [0.1, 0.15) is 22.3 Å². The van der Waals surface area contributed by atoms with E-state index in [-0.39, 0.29) is 17.1 Å². The van der Waals surface area contributed by atoms with E-state index in [4.69, 9.17) is 4.74 Å². The maximum Gasteiger partial charge on any atom is 0.266 e. The zero-order valence-electron chi connectivity index (χ0n) is 15.7. The first-order valence-corrected chi connectivity index (χ1v) is 8.40. The van der Waals surface area contributed by atoms with Gasteiger partial charge in [0.1, 0.15) is 11.6 Å². The van der Waals surface area contributed by atoms with Gasteiger partial charge in [0.05, 0.1) is 7.11 Å². The lowest BCUT2D eigenvalue weighted by molar-refractivity contribution is -0.112. The first kappa shape index (κ1) is 19.8.